The van der Waals surface area contributed by atoms with Gasteiger partial charge in [0.1, 0.15) is 5.01 Å². The average molecular weight is 335 g/mol. The van der Waals surface area contributed by atoms with Crippen LogP contribution in [0.4, 0.5) is 8.78 Å². The lowest BCUT2D eigenvalue weighted by Crippen LogP contribution is -2.23. The van der Waals surface area contributed by atoms with Gasteiger partial charge >= 0.3 is 0 Å². The molecule has 6 nitrogen and oxygen atoms in total. The molecule has 1 aliphatic carbocycles. The van der Waals surface area contributed by atoms with Crippen molar-refractivity contribution < 1.29 is 13.6 Å². The number of hydrogen-bond donors (Lipinski definition) is 1. The lowest BCUT2D eigenvalue weighted by Gasteiger charge is -2.03. The van der Waals surface area contributed by atoms with Crippen LogP contribution in [-0.4, -0.2) is 25.7 Å². The molecule has 1 N–H and O–H groups in total. The van der Waals surface area contributed by atoms with E-state index in [4.69, 9.17) is 0 Å². The van der Waals surface area contributed by atoms with Crippen molar-refractivity contribution in [3.63, 3.8) is 0 Å². The first-order valence-corrected chi connectivity index (χ1v) is 7.88. The molecule has 1 amide bonds. The van der Waals surface area contributed by atoms with Crippen molar-refractivity contribution in [3.8, 4) is 0 Å². The van der Waals surface area contributed by atoms with E-state index < -0.39 is 17.5 Å². The quantitative estimate of drug-likeness (QED) is 0.794. The van der Waals surface area contributed by atoms with E-state index in [-0.39, 0.29) is 12.1 Å². The molecule has 0 aliphatic heterocycles. The van der Waals surface area contributed by atoms with E-state index in [0.29, 0.717) is 15.9 Å². The van der Waals surface area contributed by atoms with Crippen LogP contribution in [0.5, 0.6) is 0 Å². The van der Waals surface area contributed by atoms with Crippen LogP contribution in [0.1, 0.15) is 39.9 Å². The van der Waals surface area contributed by atoms with E-state index in [1.807, 2.05) is 0 Å². The predicted molar refractivity (Wildman–Crippen MR) is 78.2 cm³/mol. The van der Waals surface area contributed by atoms with Gasteiger partial charge in [-0.05, 0) is 31.0 Å². The standard InChI is InChI=1S/C14H11F2N5OS/c15-9-4-3-8(5-10(9)16)13(22)17-6-11-20-21-12(7-1-2-7)18-19-14(21)23-11/h3-5,7H,1-2,6H2,(H,17,22). The summed E-state index contributed by atoms with van der Waals surface area (Å²) in [5.41, 5.74) is 0.0607. The number of fused-ring (bicyclic) bond motifs is 1. The molecular formula is C14H11F2N5OS. The summed E-state index contributed by atoms with van der Waals surface area (Å²) >= 11 is 1.34. The van der Waals surface area contributed by atoms with Crippen molar-refractivity contribution in [2.75, 3.05) is 0 Å². The predicted octanol–water partition coefficient (Wildman–Crippen LogP) is 2.27. The molecule has 0 saturated heterocycles. The average Bonchev–Trinajstić information content (AvgIpc) is 3.17. The summed E-state index contributed by atoms with van der Waals surface area (Å²) < 4.78 is 27.7. The van der Waals surface area contributed by atoms with E-state index in [2.05, 4.69) is 20.6 Å². The Kier molecular flexibility index (Phi) is 3.29. The van der Waals surface area contributed by atoms with E-state index in [9.17, 15) is 13.6 Å². The van der Waals surface area contributed by atoms with E-state index in [1.165, 1.54) is 17.4 Å². The van der Waals surface area contributed by atoms with E-state index in [1.54, 1.807) is 4.52 Å². The molecule has 2 heterocycles. The van der Waals surface area contributed by atoms with Gasteiger partial charge in [-0.2, -0.15) is 9.61 Å². The number of hydrogen-bond acceptors (Lipinski definition) is 5. The van der Waals surface area contributed by atoms with Gasteiger partial charge in [-0.1, -0.05) is 11.3 Å². The Hall–Kier alpha value is -2.42. The highest BCUT2D eigenvalue weighted by molar-refractivity contribution is 7.16. The molecule has 2 aromatic heterocycles. The molecular weight excluding hydrogens is 324 g/mol. The SMILES string of the molecule is O=C(NCc1nn2c(C3CC3)nnc2s1)c1ccc(F)c(F)c1. The second-order valence-corrected chi connectivity index (χ2v) is 6.37. The summed E-state index contributed by atoms with van der Waals surface area (Å²) in [6.45, 7) is 0.190. The minimum atomic E-state index is -1.05. The summed E-state index contributed by atoms with van der Waals surface area (Å²) in [7, 11) is 0. The number of carbonyl (C=O) groups is 1. The number of halogens is 2. The normalized spacial score (nSPS) is 14.3. The second-order valence-electron chi connectivity index (χ2n) is 5.33. The van der Waals surface area contributed by atoms with Crippen molar-refractivity contribution in [3.05, 3.63) is 46.2 Å². The van der Waals surface area contributed by atoms with Gasteiger partial charge in [0.25, 0.3) is 5.91 Å². The van der Waals surface area contributed by atoms with E-state index >= 15 is 0 Å². The third-order valence-corrected chi connectivity index (χ3v) is 4.48. The fourth-order valence-electron chi connectivity index (χ4n) is 2.23. The smallest absolute Gasteiger partial charge is 0.251 e. The molecule has 0 atom stereocenters. The fourth-order valence-corrected chi connectivity index (χ4v) is 3.01. The lowest BCUT2D eigenvalue weighted by atomic mass is 10.2. The van der Waals surface area contributed by atoms with E-state index in [0.717, 1.165) is 30.8 Å². The Labute approximate surface area is 133 Å². The molecule has 3 aromatic rings. The minimum Gasteiger partial charge on any atom is -0.345 e. The molecule has 1 fully saturated rings. The van der Waals surface area contributed by atoms with Gasteiger partial charge in [0.15, 0.2) is 17.5 Å². The van der Waals surface area contributed by atoms with Crippen LogP contribution in [0.3, 0.4) is 0 Å². The number of amides is 1. The van der Waals surface area contributed by atoms with Crippen LogP contribution in [0, 0.1) is 11.6 Å². The molecule has 0 spiro atoms. The molecule has 0 bridgehead atoms. The topological polar surface area (TPSA) is 72.2 Å². The van der Waals surface area contributed by atoms with Crippen LogP contribution < -0.4 is 5.32 Å². The van der Waals surface area contributed by atoms with Crippen LogP contribution in [0.15, 0.2) is 18.2 Å². The van der Waals surface area contributed by atoms with Crippen molar-refractivity contribution in [1.29, 1.82) is 0 Å². The van der Waals surface area contributed by atoms with Gasteiger partial charge in [-0.25, -0.2) is 8.78 Å². The largest absolute Gasteiger partial charge is 0.345 e. The molecule has 23 heavy (non-hydrogen) atoms. The summed E-state index contributed by atoms with van der Waals surface area (Å²) in [6, 6.07) is 3.03. The summed E-state index contributed by atoms with van der Waals surface area (Å²) in [5, 5.41) is 15.9. The number of aromatic nitrogens is 4. The molecule has 0 radical (unpaired) electrons. The molecule has 1 aliphatic rings. The number of nitrogens with zero attached hydrogens (tertiary/aromatic N) is 4. The summed E-state index contributed by atoms with van der Waals surface area (Å²) in [5.74, 6) is -1.24. The molecule has 1 saturated carbocycles. The molecule has 1 aromatic carbocycles. The Morgan fingerprint density at radius 3 is 2.87 bits per heavy atom. The third kappa shape index (κ3) is 2.67. The van der Waals surface area contributed by atoms with Crippen LogP contribution in [0.25, 0.3) is 4.96 Å². The molecule has 0 unspecified atom stereocenters. The number of carbonyl (C=O) groups excluding carboxylic acids is 1. The van der Waals surface area contributed by atoms with Crippen LogP contribution in [0.2, 0.25) is 0 Å². The second kappa shape index (κ2) is 5.34. The minimum absolute atomic E-state index is 0.0607. The number of benzene rings is 1. The first kappa shape index (κ1) is 14.2. The summed E-state index contributed by atoms with van der Waals surface area (Å²) in [4.78, 5) is 12.6. The highest BCUT2D eigenvalue weighted by Gasteiger charge is 2.30. The zero-order valence-electron chi connectivity index (χ0n) is 11.8. The van der Waals surface area contributed by atoms with Gasteiger partial charge in [0.05, 0.1) is 6.54 Å². The van der Waals surface area contributed by atoms with Gasteiger partial charge in [-0.3, -0.25) is 4.79 Å². The van der Waals surface area contributed by atoms with Gasteiger partial charge < -0.3 is 5.32 Å². The van der Waals surface area contributed by atoms with Crippen molar-refractivity contribution >= 4 is 22.2 Å². The van der Waals surface area contributed by atoms with Crippen LogP contribution in [-0.2, 0) is 6.54 Å². The van der Waals surface area contributed by atoms with Crippen LogP contribution >= 0.6 is 11.3 Å². The van der Waals surface area contributed by atoms with Gasteiger partial charge in [0.2, 0.25) is 4.96 Å². The zero-order valence-corrected chi connectivity index (χ0v) is 12.6. The van der Waals surface area contributed by atoms with Crippen molar-refractivity contribution in [2.45, 2.75) is 25.3 Å². The molecule has 4 rings (SSSR count). The Bertz CT molecular complexity index is 902. The Morgan fingerprint density at radius 1 is 1.30 bits per heavy atom. The maximum absolute atomic E-state index is 13.1. The van der Waals surface area contributed by atoms with Crippen molar-refractivity contribution in [1.82, 2.24) is 25.1 Å². The maximum atomic E-state index is 13.1. The number of nitrogens with one attached hydrogen (secondary N) is 1. The van der Waals surface area contributed by atoms with Crippen molar-refractivity contribution in [2.24, 2.45) is 0 Å². The first-order chi connectivity index (χ1) is 11.1. The Morgan fingerprint density at radius 2 is 2.13 bits per heavy atom. The first-order valence-electron chi connectivity index (χ1n) is 7.06. The monoisotopic (exact) mass is 335 g/mol. The molecule has 9 heteroatoms. The number of rotatable bonds is 4. The maximum Gasteiger partial charge on any atom is 0.251 e. The molecule has 118 valence electrons. The third-order valence-electron chi connectivity index (χ3n) is 3.58. The zero-order chi connectivity index (χ0) is 16.0. The van der Waals surface area contributed by atoms with Gasteiger partial charge in [-0.15, -0.1) is 10.2 Å². The van der Waals surface area contributed by atoms with Gasteiger partial charge in [0, 0.05) is 11.5 Å². The fraction of sp³-hybridized carbons (Fsp3) is 0.286. The highest BCUT2D eigenvalue weighted by atomic mass is 32.1. The lowest BCUT2D eigenvalue weighted by molar-refractivity contribution is 0.0950. The summed E-state index contributed by atoms with van der Waals surface area (Å²) in [6.07, 6.45) is 2.20. The Balaban J connectivity index is 1.47. The highest BCUT2D eigenvalue weighted by Crippen LogP contribution is 2.39.